The molecule has 2 saturated carbocycles. The van der Waals surface area contributed by atoms with Crippen molar-refractivity contribution in [3.63, 3.8) is 0 Å². The summed E-state index contributed by atoms with van der Waals surface area (Å²) in [6, 6.07) is 11.9. The molecule has 2 bridgehead atoms. The van der Waals surface area contributed by atoms with Gasteiger partial charge in [0, 0.05) is 35.7 Å². The van der Waals surface area contributed by atoms with E-state index in [2.05, 4.69) is 10.6 Å². The molecule has 0 aromatic heterocycles. The molecule has 1 aliphatic heterocycles. The van der Waals surface area contributed by atoms with Gasteiger partial charge in [-0.2, -0.15) is 0 Å². The summed E-state index contributed by atoms with van der Waals surface area (Å²) in [5, 5.41) is 52.8. The molecule has 2 aromatic rings. The van der Waals surface area contributed by atoms with Crippen LogP contribution in [0.4, 0.5) is 4.79 Å². The molecule has 382 valence electrons. The maximum atomic E-state index is 15.2. The number of alkyl carbamates (subject to hydrolysis) is 1. The van der Waals surface area contributed by atoms with Crippen LogP contribution in [0.15, 0.2) is 71.8 Å². The van der Waals surface area contributed by atoms with Crippen LogP contribution >= 0.6 is 0 Å². The molecular formula is C51H66N2O17. The number of Topliss-reactive ketones (excluding diaryl/α,β-unsaturated/α-hetero) is 1. The van der Waals surface area contributed by atoms with E-state index in [1.165, 1.54) is 77.9 Å². The second-order valence-electron chi connectivity index (χ2n) is 20.1. The molecule has 19 nitrogen and oxygen atoms in total. The number of carbonyl (C=O) groups is 7. The van der Waals surface area contributed by atoms with Crippen LogP contribution in [0.5, 0.6) is 0 Å². The van der Waals surface area contributed by atoms with Gasteiger partial charge in [-0.15, -0.1) is 0 Å². The normalized spacial score (nSPS) is 31.5. The Morgan fingerprint density at radius 1 is 0.943 bits per heavy atom. The highest BCUT2D eigenvalue weighted by atomic mass is 16.6. The Kier molecular flexibility index (Phi) is 14.2. The Bertz CT molecular complexity index is 2480. The van der Waals surface area contributed by atoms with Crippen molar-refractivity contribution < 1.29 is 86.5 Å². The van der Waals surface area contributed by atoms with Crippen molar-refractivity contribution in [2.75, 3.05) is 6.61 Å². The Morgan fingerprint density at radius 2 is 1.57 bits per heavy atom. The molecule has 3 fully saturated rings. The Hall–Kier alpha value is -5.73. The second-order valence-corrected chi connectivity index (χ2v) is 20.1. The van der Waals surface area contributed by atoms with Gasteiger partial charge in [-0.25, -0.2) is 19.2 Å². The number of amides is 2. The zero-order valence-corrected chi connectivity index (χ0v) is 40.7. The minimum atomic E-state index is -2.84. The summed E-state index contributed by atoms with van der Waals surface area (Å²) in [4.78, 5) is 98.3. The SMILES string of the molecule is [2H]C([2H])([2H])C(C)(C)OC(=O)N[C@@H](c1ccccc1)[C@@H](OC(=O)C(C)NC(=O)CCC(C)O)C(=O)O[C@H]1C[C@@]2(O)[C@@H](OC(=O)c3ccccc3)[C@@H]3[C@]4(OC(C)=O)CO[C@@H]4C[C@H](O)[C@@]3(C)C(=O)[C@H](O)C(=C1C)C2(C)C. The lowest BCUT2D eigenvalue weighted by molar-refractivity contribution is -0.346. The van der Waals surface area contributed by atoms with Gasteiger partial charge in [-0.1, -0.05) is 62.4 Å². The fraction of sp³-hybridized carbons (Fsp3) is 0.588. The van der Waals surface area contributed by atoms with Crippen molar-refractivity contribution in [1.82, 2.24) is 10.6 Å². The summed E-state index contributed by atoms with van der Waals surface area (Å²) in [6.07, 6.45) is -14.1. The van der Waals surface area contributed by atoms with Gasteiger partial charge in [0.15, 0.2) is 11.4 Å². The Balaban J connectivity index is 1.51. The molecule has 2 unspecified atom stereocenters. The number of hydrogen-bond acceptors (Lipinski definition) is 17. The first-order valence-corrected chi connectivity index (χ1v) is 23.2. The highest BCUT2D eigenvalue weighted by Gasteiger charge is 2.78. The molecule has 4 aliphatic rings. The minimum Gasteiger partial charge on any atom is -0.455 e. The smallest absolute Gasteiger partial charge is 0.408 e. The molecule has 0 radical (unpaired) electrons. The minimum absolute atomic E-state index is 0.00216. The standard InChI is InChI=1S/C51H66N2O17/c1-26(54)21-22-35(57)52-28(3)43(60)67-39(37(30-17-13-11-14-18-30)53-46(63)70-47(5,6)7)45(62)66-32-24-51(64)42(68-44(61)31-19-15-12-16-20-31)40-49(10,41(59)38(58)36(27(32)2)48(51,8)9)33(56)23-34-50(40,25-65-34)69-29(4)55/h11-20,26,28,32-34,37-40,42,54,56,58,64H,21-25H2,1-10H3,(H,52,57)(H,53,63)/t26?,28?,32-,33-,34+,37-,38+,39+,40-,42-,49+,50-,51+/m0/s1/i5D3. The number of fused-ring (bicyclic) bond motifs is 5. The van der Waals surface area contributed by atoms with Crippen LogP contribution < -0.4 is 10.6 Å². The fourth-order valence-electron chi connectivity index (χ4n) is 10.6. The van der Waals surface area contributed by atoms with E-state index in [1.54, 1.807) is 24.3 Å². The first-order valence-electron chi connectivity index (χ1n) is 24.7. The number of rotatable bonds is 14. The third-order valence-electron chi connectivity index (χ3n) is 14.3. The van der Waals surface area contributed by atoms with Gasteiger partial charge in [0.25, 0.3) is 0 Å². The van der Waals surface area contributed by atoms with Crippen LogP contribution in [-0.4, -0.2) is 134 Å². The van der Waals surface area contributed by atoms with Gasteiger partial charge in [-0.3, -0.25) is 14.4 Å². The number of ether oxygens (including phenoxy) is 6. The van der Waals surface area contributed by atoms with Crippen molar-refractivity contribution in [1.29, 1.82) is 0 Å². The summed E-state index contributed by atoms with van der Waals surface area (Å²) >= 11 is 0. The maximum absolute atomic E-state index is 15.2. The van der Waals surface area contributed by atoms with Gasteiger partial charge in [0.1, 0.15) is 47.7 Å². The molecule has 19 heteroatoms. The summed E-state index contributed by atoms with van der Waals surface area (Å²) in [6.45, 7) is 8.55. The van der Waals surface area contributed by atoms with Crippen LogP contribution in [0.25, 0.3) is 0 Å². The fourth-order valence-corrected chi connectivity index (χ4v) is 10.6. The number of ketones is 1. The highest BCUT2D eigenvalue weighted by Crippen LogP contribution is 2.64. The zero-order chi connectivity index (χ0) is 54.4. The molecular weight excluding hydrogens is 913 g/mol. The van der Waals surface area contributed by atoms with E-state index in [0.717, 1.165) is 20.8 Å². The third kappa shape index (κ3) is 10.2. The summed E-state index contributed by atoms with van der Waals surface area (Å²) in [7, 11) is 0. The molecule has 2 aromatic carbocycles. The van der Waals surface area contributed by atoms with Crippen LogP contribution in [0.1, 0.15) is 121 Å². The summed E-state index contributed by atoms with van der Waals surface area (Å²) in [5.74, 6) is -7.82. The first kappa shape index (κ1) is 49.3. The zero-order valence-electron chi connectivity index (χ0n) is 43.7. The monoisotopic (exact) mass is 981 g/mol. The lowest BCUT2D eigenvalue weighted by Crippen LogP contribution is -2.81. The Labute approximate surface area is 410 Å². The molecule has 2 amide bonds. The predicted octanol–water partition coefficient (Wildman–Crippen LogP) is 3.48. The lowest BCUT2D eigenvalue weighted by Gasteiger charge is -2.67. The third-order valence-corrected chi connectivity index (χ3v) is 14.3. The van der Waals surface area contributed by atoms with E-state index in [0.29, 0.717) is 0 Å². The Morgan fingerprint density at radius 3 is 2.14 bits per heavy atom. The average Bonchev–Trinajstić information content (AvgIpc) is 3.30. The second kappa shape index (κ2) is 20.2. The van der Waals surface area contributed by atoms with E-state index < -0.39 is 143 Å². The number of esters is 4. The van der Waals surface area contributed by atoms with Crippen molar-refractivity contribution in [3.05, 3.63) is 82.9 Å². The number of benzene rings is 2. The van der Waals surface area contributed by atoms with Crippen LogP contribution in [0, 0.1) is 16.7 Å². The molecule has 6 N–H and O–H groups in total. The van der Waals surface area contributed by atoms with E-state index in [9.17, 15) is 44.4 Å². The van der Waals surface area contributed by atoms with Crippen molar-refractivity contribution >= 4 is 41.7 Å². The average molecular weight is 982 g/mol. The quantitative estimate of drug-likeness (QED) is 0.0898. The van der Waals surface area contributed by atoms with E-state index in [1.807, 2.05) is 0 Å². The van der Waals surface area contributed by atoms with Gasteiger partial charge in [-0.05, 0) is 83.7 Å². The number of aliphatic hydroxyl groups is 4. The summed E-state index contributed by atoms with van der Waals surface area (Å²) in [5.41, 5.74) is -10.5. The first-order chi connectivity index (χ1) is 33.8. The molecule has 0 spiro atoms. The number of hydrogen-bond donors (Lipinski definition) is 6. The molecule has 1 heterocycles. The topological polar surface area (TPSA) is 280 Å². The van der Waals surface area contributed by atoms with E-state index >= 15 is 9.59 Å². The summed E-state index contributed by atoms with van der Waals surface area (Å²) < 4.78 is 59.4. The largest absolute Gasteiger partial charge is 0.455 e. The predicted molar refractivity (Wildman–Crippen MR) is 246 cm³/mol. The van der Waals surface area contributed by atoms with Crippen molar-refractivity contribution in [2.45, 2.75) is 166 Å². The van der Waals surface area contributed by atoms with Gasteiger partial charge in [0.2, 0.25) is 12.0 Å². The van der Waals surface area contributed by atoms with Gasteiger partial charge < -0.3 is 59.5 Å². The number of carbonyl (C=O) groups excluding carboxylic acids is 7. The van der Waals surface area contributed by atoms with Gasteiger partial charge in [0.05, 0.1) is 35.7 Å². The maximum Gasteiger partial charge on any atom is 0.408 e. The molecule has 6 rings (SSSR count). The highest BCUT2D eigenvalue weighted by molar-refractivity contribution is 5.94. The molecule has 3 aliphatic carbocycles. The molecule has 1 saturated heterocycles. The van der Waals surface area contributed by atoms with Crippen LogP contribution in [-0.2, 0) is 52.4 Å². The van der Waals surface area contributed by atoms with E-state index in [4.69, 9.17) is 32.5 Å². The lowest BCUT2D eigenvalue weighted by atomic mass is 9.44. The van der Waals surface area contributed by atoms with Crippen molar-refractivity contribution in [3.8, 4) is 0 Å². The van der Waals surface area contributed by atoms with Crippen LogP contribution in [0.3, 0.4) is 0 Å². The van der Waals surface area contributed by atoms with Crippen LogP contribution in [0.2, 0.25) is 0 Å². The molecule has 13 atom stereocenters. The van der Waals surface area contributed by atoms with Gasteiger partial charge >= 0.3 is 30.0 Å². The number of aliphatic hydroxyl groups excluding tert-OH is 3. The van der Waals surface area contributed by atoms with E-state index in [-0.39, 0.29) is 48.1 Å². The molecule has 70 heavy (non-hydrogen) atoms. The number of nitrogens with one attached hydrogen (secondary N) is 2. The van der Waals surface area contributed by atoms with Crippen molar-refractivity contribution in [2.24, 2.45) is 16.7 Å².